The van der Waals surface area contributed by atoms with Gasteiger partial charge in [0.15, 0.2) is 6.29 Å². The van der Waals surface area contributed by atoms with Gasteiger partial charge >= 0.3 is 0 Å². The van der Waals surface area contributed by atoms with E-state index in [4.69, 9.17) is 9.47 Å². The Morgan fingerprint density at radius 2 is 1.73 bits per heavy atom. The van der Waals surface area contributed by atoms with Crippen molar-refractivity contribution in [3.05, 3.63) is 35.4 Å². The van der Waals surface area contributed by atoms with Crippen LogP contribution in [0.1, 0.15) is 76.7 Å². The summed E-state index contributed by atoms with van der Waals surface area (Å²) in [7, 11) is 0. The third-order valence-electron chi connectivity index (χ3n) is 4.71. The van der Waals surface area contributed by atoms with Crippen LogP contribution >= 0.6 is 0 Å². The van der Waals surface area contributed by atoms with Crippen molar-refractivity contribution in [3.63, 3.8) is 0 Å². The molecule has 0 spiro atoms. The van der Waals surface area contributed by atoms with Crippen molar-refractivity contribution in [2.75, 3.05) is 6.61 Å². The molecule has 2 nitrogen and oxygen atoms in total. The van der Waals surface area contributed by atoms with Crippen LogP contribution in [0.3, 0.4) is 0 Å². The molecule has 3 unspecified atom stereocenters. The van der Waals surface area contributed by atoms with Crippen LogP contribution < -0.4 is 0 Å². The first-order valence-electron chi connectivity index (χ1n) is 9.10. The normalized spacial score (nSPS) is 25.3. The number of unbranched alkanes of at least 4 members (excludes halogenated alkanes) is 3. The maximum Gasteiger partial charge on any atom is 0.184 e. The lowest BCUT2D eigenvalue weighted by Crippen LogP contribution is -2.34. The van der Waals surface area contributed by atoms with Crippen LogP contribution in [0.25, 0.3) is 0 Å². The highest BCUT2D eigenvalue weighted by Gasteiger charge is 2.29. The second-order valence-corrected chi connectivity index (χ2v) is 6.61. The lowest BCUT2D eigenvalue weighted by molar-refractivity contribution is -0.237. The van der Waals surface area contributed by atoms with Crippen LogP contribution in [0, 0.1) is 5.92 Å². The molecule has 0 radical (unpaired) electrons. The van der Waals surface area contributed by atoms with E-state index >= 15 is 0 Å². The molecule has 0 saturated carbocycles. The minimum Gasteiger partial charge on any atom is -0.348 e. The molecule has 1 fully saturated rings. The first kappa shape index (κ1) is 17.5. The van der Waals surface area contributed by atoms with Crippen LogP contribution in [0.15, 0.2) is 24.3 Å². The van der Waals surface area contributed by atoms with Gasteiger partial charge in [0.1, 0.15) is 0 Å². The summed E-state index contributed by atoms with van der Waals surface area (Å²) < 4.78 is 12.1. The summed E-state index contributed by atoms with van der Waals surface area (Å²) in [6.07, 6.45) is 8.86. The number of hydrogen-bond donors (Lipinski definition) is 0. The summed E-state index contributed by atoms with van der Waals surface area (Å²) in [5.74, 6) is 0.546. The van der Waals surface area contributed by atoms with Gasteiger partial charge in [-0.3, -0.25) is 0 Å². The van der Waals surface area contributed by atoms with Crippen LogP contribution in [-0.2, 0) is 15.9 Å². The molecular weight excluding hydrogens is 272 g/mol. The van der Waals surface area contributed by atoms with Crippen molar-refractivity contribution in [2.24, 2.45) is 5.92 Å². The standard InChI is InChI=1S/C20H32O2/c1-4-6-8-9-17-11-13-18(14-12-17)20-21-15-19(10-7-5-2)16(3)22-20/h11-14,16,19-20H,4-10,15H2,1-3H3. The SMILES string of the molecule is CCCCCc1ccc(C2OCC(CCCC)C(C)O2)cc1. The van der Waals surface area contributed by atoms with Crippen LogP contribution in [0.4, 0.5) is 0 Å². The van der Waals surface area contributed by atoms with Crippen molar-refractivity contribution in [1.82, 2.24) is 0 Å². The molecule has 0 bridgehead atoms. The minimum atomic E-state index is -0.183. The third kappa shape index (κ3) is 5.10. The van der Waals surface area contributed by atoms with Gasteiger partial charge in [0.05, 0.1) is 12.7 Å². The first-order valence-corrected chi connectivity index (χ1v) is 9.10. The summed E-state index contributed by atoms with van der Waals surface area (Å²) in [5.41, 5.74) is 2.57. The molecular formula is C20H32O2. The molecule has 0 amide bonds. The largest absolute Gasteiger partial charge is 0.348 e. The molecule has 124 valence electrons. The predicted octanol–water partition coefficient (Wildman–Crippen LogP) is 5.66. The van der Waals surface area contributed by atoms with Crippen molar-refractivity contribution < 1.29 is 9.47 Å². The summed E-state index contributed by atoms with van der Waals surface area (Å²) in [4.78, 5) is 0. The Labute approximate surface area is 136 Å². The van der Waals surface area contributed by atoms with E-state index in [9.17, 15) is 0 Å². The fourth-order valence-electron chi connectivity index (χ4n) is 3.07. The van der Waals surface area contributed by atoms with Gasteiger partial charge in [0.25, 0.3) is 0 Å². The number of rotatable bonds is 8. The van der Waals surface area contributed by atoms with E-state index in [0.717, 1.165) is 12.2 Å². The Morgan fingerprint density at radius 3 is 2.36 bits per heavy atom. The molecule has 0 aromatic heterocycles. The van der Waals surface area contributed by atoms with Gasteiger partial charge in [0, 0.05) is 11.5 Å². The van der Waals surface area contributed by atoms with Crippen LogP contribution in [0.5, 0.6) is 0 Å². The molecule has 2 heteroatoms. The van der Waals surface area contributed by atoms with Crippen molar-refractivity contribution in [3.8, 4) is 0 Å². The van der Waals surface area contributed by atoms with Crippen molar-refractivity contribution >= 4 is 0 Å². The quantitative estimate of drug-likeness (QED) is 0.577. The lowest BCUT2D eigenvalue weighted by atomic mass is 9.96. The zero-order chi connectivity index (χ0) is 15.8. The van der Waals surface area contributed by atoms with E-state index in [0.29, 0.717) is 5.92 Å². The van der Waals surface area contributed by atoms with Gasteiger partial charge in [-0.2, -0.15) is 0 Å². The van der Waals surface area contributed by atoms with Crippen molar-refractivity contribution in [1.29, 1.82) is 0 Å². The topological polar surface area (TPSA) is 18.5 Å². The van der Waals surface area contributed by atoms with Gasteiger partial charge in [-0.25, -0.2) is 0 Å². The Balaban J connectivity index is 1.85. The summed E-state index contributed by atoms with van der Waals surface area (Å²) in [6.45, 7) is 7.49. The zero-order valence-corrected chi connectivity index (χ0v) is 14.5. The Hall–Kier alpha value is -0.860. The minimum absolute atomic E-state index is 0.183. The van der Waals surface area contributed by atoms with E-state index < -0.39 is 0 Å². The fraction of sp³-hybridized carbons (Fsp3) is 0.700. The zero-order valence-electron chi connectivity index (χ0n) is 14.5. The van der Waals surface area contributed by atoms with Crippen molar-refractivity contribution in [2.45, 2.75) is 78.1 Å². The fourth-order valence-corrected chi connectivity index (χ4v) is 3.07. The maximum atomic E-state index is 6.10. The highest BCUT2D eigenvalue weighted by molar-refractivity contribution is 5.23. The summed E-state index contributed by atoms with van der Waals surface area (Å²) in [6, 6.07) is 8.80. The third-order valence-corrected chi connectivity index (χ3v) is 4.71. The molecule has 1 heterocycles. The second-order valence-electron chi connectivity index (χ2n) is 6.61. The van der Waals surface area contributed by atoms with Crippen LogP contribution in [-0.4, -0.2) is 12.7 Å². The van der Waals surface area contributed by atoms with Gasteiger partial charge in [0.2, 0.25) is 0 Å². The van der Waals surface area contributed by atoms with E-state index in [1.54, 1.807) is 0 Å². The number of hydrogen-bond acceptors (Lipinski definition) is 2. The summed E-state index contributed by atoms with van der Waals surface area (Å²) >= 11 is 0. The molecule has 0 aliphatic carbocycles. The molecule has 1 aromatic carbocycles. The number of ether oxygens (including phenoxy) is 2. The molecule has 1 aliphatic rings. The number of aryl methyl sites for hydroxylation is 1. The predicted molar refractivity (Wildman–Crippen MR) is 91.9 cm³/mol. The van der Waals surface area contributed by atoms with Gasteiger partial charge in [-0.05, 0) is 31.7 Å². The van der Waals surface area contributed by atoms with E-state index in [1.807, 2.05) is 0 Å². The first-order chi connectivity index (χ1) is 10.7. The van der Waals surface area contributed by atoms with Gasteiger partial charge in [-0.15, -0.1) is 0 Å². The highest BCUT2D eigenvalue weighted by Crippen LogP contribution is 2.31. The molecule has 0 N–H and O–H groups in total. The molecule has 2 rings (SSSR count). The molecule has 1 saturated heterocycles. The smallest absolute Gasteiger partial charge is 0.184 e. The maximum absolute atomic E-state index is 6.10. The molecule has 1 aliphatic heterocycles. The monoisotopic (exact) mass is 304 g/mol. The van der Waals surface area contributed by atoms with Gasteiger partial charge in [-0.1, -0.05) is 63.8 Å². The van der Waals surface area contributed by atoms with Crippen LogP contribution in [0.2, 0.25) is 0 Å². The van der Waals surface area contributed by atoms with E-state index in [2.05, 4.69) is 45.0 Å². The molecule has 3 atom stereocenters. The number of benzene rings is 1. The lowest BCUT2D eigenvalue weighted by Gasteiger charge is -2.35. The van der Waals surface area contributed by atoms with Gasteiger partial charge < -0.3 is 9.47 Å². The average Bonchev–Trinajstić information content (AvgIpc) is 2.54. The highest BCUT2D eigenvalue weighted by atomic mass is 16.7. The van der Waals surface area contributed by atoms with E-state index in [-0.39, 0.29) is 12.4 Å². The Bertz CT molecular complexity index is 412. The Morgan fingerprint density at radius 1 is 1.00 bits per heavy atom. The molecule has 22 heavy (non-hydrogen) atoms. The summed E-state index contributed by atoms with van der Waals surface area (Å²) in [5, 5.41) is 0. The average molecular weight is 304 g/mol. The second kappa shape index (κ2) is 9.32. The molecule has 1 aromatic rings. The Kier molecular flexibility index (Phi) is 7.41. The van der Waals surface area contributed by atoms with E-state index in [1.165, 1.54) is 50.5 Å².